The van der Waals surface area contributed by atoms with E-state index in [9.17, 15) is 4.79 Å². The molecule has 0 bridgehead atoms. The average molecular weight is 311 g/mol. The molecule has 23 heavy (non-hydrogen) atoms. The van der Waals surface area contributed by atoms with Gasteiger partial charge in [-0.25, -0.2) is 4.98 Å². The summed E-state index contributed by atoms with van der Waals surface area (Å²) in [5, 5.41) is 3.06. The van der Waals surface area contributed by atoms with E-state index in [-0.39, 0.29) is 11.8 Å². The molecule has 0 aliphatic heterocycles. The second kappa shape index (κ2) is 6.99. The summed E-state index contributed by atoms with van der Waals surface area (Å²) in [4.78, 5) is 16.9. The number of carbonyl (C=O) groups is 1. The molecule has 1 aliphatic rings. The Morgan fingerprint density at radius 2 is 2.09 bits per heavy atom. The van der Waals surface area contributed by atoms with Crippen molar-refractivity contribution in [2.75, 3.05) is 6.54 Å². The molecule has 4 heteroatoms. The molecule has 1 aliphatic carbocycles. The van der Waals surface area contributed by atoms with Crippen LogP contribution in [0.3, 0.4) is 0 Å². The highest BCUT2D eigenvalue weighted by atomic mass is 16.1. The van der Waals surface area contributed by atoms with E-state index >= 15 is 0 Å². The van der Waals surface area contributed by atoms with Crippen LogP contribution in [-0.2, 0) is 11.3 Å². The van der Waals surface area contributed by atoms with Crippen LogP contribution in [0, 0.1) is 6.92 Å². The largest absolute Gasteiger partial charge is 0.354 e. The predicted octanol–water partition coefficient (Wildman–Crippen LogP) is 3.38. The number of carbonyl (C=O) groups excluding carboxylic acids is 1. The highest BCUT2D eigenvalue weighted by Crippen LogP contribution is 2.35. The summed E-state index contributed by atoms with van der Waals surface area (Å²) < 4.78 is 2.26. The average Bonchev–Trinajstić information content (AvgIpc) is 2.87. The van der Waals surface area contributed by atoms with Gasteiger partial charge in [-0.3, -0.25) is 4.79 Å². The third kappa shape index (κ3) is 3.46. The molecule has 1 aromatic heterocycles. The number of aryl methyl sites for hydroxylation is 1. The smallest absolute Gasteiger partial charge is 0.227 e. The fourth-order valence-corrected chi connectivity index (χ4v) is 3.10. The van der Waals surface area contributed by atoms with Gasteiger partial charge in [0.05, 0.1) is 5.92 Å². The zero-order chi connectivity index (χ0) is 16.2. The maximum atomic E-state index is 12.3. The van der Waals surface area contributed by atoms with Crippen LogP contribution in [0.25, 0.3) is 0 Å². The lowest BCUT2D eigenvalue weighted by molar-refractivity contribution is -0.122. The Morgan fingerprint density at radius 3 is 2.74 bits per heavy atom. The van der Waals surface area contributed by atoms with Crippen molar-refractivity contribution in [3.63, 3.8) is 0 Å². The molecule has 0 saturated heterocycles. The van der Waals surface area contributed by atoms with Crippen molar-refractivity contribution in [2.45, 2.75) is 51.5 Å². The molecule has 1 heterocycles. The molecule has 1 N–H and O–H groups in total. The summed E-state index contributed by atoms with van der Waals surface area (Å²) in [5.41, 5.74) is 2.23. The fraction of sp³-hybridized carbons (Fsp3) is 0.474. The first-order valence-electron chi connectivity index (χ1n) is 8.51. The van der Waals surface area contributed by atoms with E-state index in [1.807, 2.05) is 43.5 Å². The van der Waals surface area contributed by atoms with E-state index in [1.54, 1.807) is 0 Å². The van der Waals surface area contributed by atoms with Crippen LogP contribution < -0.4 is 5.32 Å². The summed E-state index contributed by atoms with van der Waals surface area (Å²) in [6.07, 6.45) is 5.74. The molecule has 1 atom stereocenters. The highest BCUT2D eigenvalue weighted by Gasteiger charge is 2.24. The Kier molecular flexibility index (Phi) is 4.79. The van der Waals surface area contributed by atoms with Gasteiger partial charge in [0, 0.05) is 30.9 Å². The maximum absolute atomic E-state index is 12.3. The van der Waals surface area contributed by atoms with Crippen LogP contribution in [0.2, 0.25) is 0 Å². The molecule has 1 aromatic carbocycles. The standard InChI is InChI=1S/C19H25N3O/c1-14-13-21-18(17-9-6-10-17)22(14)12-11-20-19(23)15(2)16-7-4-3-5-8-16/h3-5,7-8,13,15,17H,6,9-12H2,1-2H3,(H,20,23). The molecule has 4 nitrogen and oxygen atoms in total. The van der Waals surface area contributed by atoms with E-state index in [0.717, 1.165) is 12.1 Å². The summed E-state index contributed by atoms with van der Waals surface area (Å²) in [7, 11) is 0. The molecule has 0 radical (unpaired) electrons. The summed E-state index contributed by atoms with van der Waals surface area (Å²) in [6.45, 7) is 5.48. The van der Waals surface area contributed by atoms with E-state index in [4.69, 9.17) is 0 Å². The Hall–Kier alpha value is -2.10. The number of aromatic nitrogens is 2. The molecular formula is C19H25N3O. The minimum absolute atomic E-state index is 0.0826. The Bertz CT molecular complexity index is 659. The van der Waals surface area contributed by atoms with Crippen molar-refractivity contribution >= 4 is 5.91 Å². The fourth-order valence-electron chi connectivity index (χ4n) is 3.10. The molecule has 1 fully saturated rings. The number of nitrogens with zero attached hydrogens (tertiary/aromatic N) is 2. The van der Waals surface area contributed by atoms with Gasteiger partial charge in [-0.1, -0.05) is 36.8 Å². The SMILES string of the molecule is Cc1cnc(C2CCC2)n1CCNC(=O)C(C)c1ccccc1. The zero-order valence-corrected chi connectivity index (χ0v) is 14.0. The van der Waals surface area contributed by atoms with Gasteiger partial charge in [0.25, 0.3) is 0 Å². The highest BCUT2D eigenvalue weighted by molar-refractivity contribution is 5.83. The molecule has 0 spiro atoms. The topological polar surface area (TPSA) is 46.9 Å². The first kappa shape index (κ1) is 15.8. The molecule has 1 saturated carbocycles. The number of imidazole rings is 1. The first-order chi connectivity index (χ1) is 11.2. The minimum Gasteiger partial charge on any atom is -0.354 e. The molecule has 122 valence electrons. The minimum atomic E-state index is -0.119. The monoisotopic (exact) mass is 311 g/mol. The number of nitrogens with one attached hydrogen (secondary N) is 1. The molecule has 3 rings (SSSR count). The maximum Gasteiger partial charge on any atom is 0.227 e. The van der Waals surface area contributed by atoms with Crippen molar-refractivity contribution in [3.8, 4) is 0 Å². The lowest BCUT2D eigenvalue weighted by Gasteiger charge is -2.26. The lowest BCUT2D eigenvalue weighted by Crippen LogP contribution is -2.31. The van der Waals surface area contributed by atoms with Crippen molar-refractivity contribution in [1.29, 1.82) is 0 Å². The van der Waals surface area contributed by atoms with Crippen LogP contribution in [0.1, 0.15) is 55.1 Å². The number of hydrogen-bond acceptors (Lipinski definition) is 2. The molecule has 1 unspecified atom stereocenters. The predicted molar refractivity (Wildman–Crippen MR) is 91.4 cm³/mol. The Morgan fingerprint density at radius 1 is 1.35 bits per heavy atom. The van der Waals surface area contributed by atoms with Gasteiger partial charge >= 0.3 is 0 Å². The van der Waals surface area contributed by atoms with Crippen molar-refractivity contribution in [2.24, 2.45) is 0 Å². The van der Waals surface area contributed by atoms with Gasteiger partial charge in [0.1, 0.15) is 5.82 Å². The van der Waals surface area contributed by atoms with Gasteiger partial charge in [0.2, 0.25) is 5.91 Å². The van der Waals surface area contributed by atoms with Crippen molar-refractivity contribution < 1.29 is 4.79 Å². The van der Waals surface area contributed by atoms with Crippen LogP contribution in [0.4, 0.5) is 0 Å². The summed E-state index contributed by atoms with van der Waals surface area (Å²) >= 11 is 0. The third-order valence-corrected chi connectivity index (χ3v) is 4.88. The van der Waals surface area contributed by atoms with E-state index in [0.29, 0.717) is 12.5 Å². The van der Waals surface area contributed by atoms with E-state index in [1.165, 1.54) is 30.8 Å². The Labute approximate surface area is 137 Å². The number of benzene rings is 1. The number of hydrogen-bond donors (Lipinski definition) is 1. The second-order valence-electron chi connectivity index (χ2n) is 6.46. The molecule has 1 amide bonds. The van der Waals surface area contributed by atoms with Gasteiger partial charge in [-0.15, -0.1) is 0 Å². The zero-order valence-electron chi connectivity index (χ0n) is 14.0. The first-order valence-corrected chi connectivity index (χ1v) is 8.51. The van der Waals surface area contributed by atoms with E-state index in [2.05, 4.69) is 21.8 Å². The van der Waals surface area contributed by atoms with Gasteiger partial charge in [-0.05, 0) is 32.3 Å². The van der Waals surface area contributed by atoms with Crippen LogP contribution in [0.15, 0.2) is 36.5 Å². The van der Waals surface area contributed by atoms with Gasteiger partial charge in [0.15, 0.2) is 0 Å². The summed E-state index contributed by atoms with van der Waals surface area (Å²) in [5.74, 6) is 1.77. The second-order valence-corrected chi connectivity index (χ2v) is 6.46. The Balaban J connectivity index is 1.55. The van der Waals surface area contributed by atoms with Gasteiger partial charge in [-0.2, -0.15) is 0 Å². The van der Waals surface area contributed by atoms with Crippen LogP contribution >= 0.6 is 0 Å². The van der Waals surface area contributed by atoms with Crippen molar-refractivity contribution in [1.82, 2.24) is 14.9 Å². The van der Waals surface area contributed by atoms with Crippen LogP contribution in [-0.4, -0.2) is 22.0 Å². The summed E-state index contributed by atoms with van der Waals surface area (Å²) in [6, 6.07) is 9.91. The number of amides is 1. The number of rotatable bonds is 6. The lowest BCUT2D eigenvalue weighted by atomic mass is 9.85. The van der Waals surface area contributed by atoms with E-state index < -0.39 is 0 Å². The normalized spacial score (nSPS) is 15.9. The van der Waals surface area contributed by atoms with Crippen LogP contribution in [0.5, 0.6) is 0 Å². The van der Waals surface area contributed by atoms with Gasteiger partial charge < -0.3 is 9.88 Å². The molecule has 2 aromatic rings. The van der Waals surface area contributed by atoms with Crippen molar-refractivity contribution in [3.05, 3.63) is 53.6 Å². The third-order valence-electron chi connectivity index (χ3n) is 4.88. The molecular weight excluding hydrogens is 286 g/mol. The quantitative estimate of drug-likeness (QED) is 0.889.